The molecule has 0 bridgehead atoms. The monoisotopic (exact) mass is 275 g/mol. The van der Waals surface area contributed by atoms with Crippen molar-refractivity contribution in [2.45, 2.75) is 18.0 Å². The van der Waals surface area contributed by atoms with E-state index in [1.807, 2.05) is 6.07 Å². The molecule has 6 heteroatoms. The highest BCUT2D eigenvalue weighted by Gasteiger charge is 2.18. The summed E-state index contributed by atoms with van der Waals surface area (Å²) in [6.45, 7) is 1.51. The molecule has 0 atom stereocenters. The number of aromatic nitrogens is 1. The summed E-state index contributed by atoms with van der Waals surface area (Å²) in [6.07, 6.45) is 3.07. The first-order chi connectivity index (χ1) is 9.15. The van der Waals surface area contributed by atoms with E-state index in [9.17, 15) is 8.42 Å². The zero-order valence-corrected chi connectivity index (χ0v) is 10.9. The predicted octanol–water partition coefficient (Wildman–Crippen LogP) is 1.49. The molecule has 0 fully saturated rings. The standard InChI is InChI=1S/C13H13N3O2S/c17-19(18,16-12-2-1-5-14-9-12)13-4-3-10-7-15-8-11(10)6-13/h1-6,9,15-16H,7-8H2. The van der Waals surface area contributed by atoms with Crippen molar-refractivity contribution in [3.63, 3.8) is 0 Å². The van der Waals surface area contributed by atoms with Gasteiger partial charge in [0, 0.05) is 19.3 Å². The lowest BCUT2D eigenvalue weighted by molar-refractivity contribution is 0.601. The summed E-state index contributed by atoms with van der Waals surface area (Å²) in [6, 6.07) is 8.55. The molecule has 3 rings (SSSR count). The molecule has 0 radical (unpaired) electrons. The molecule has 0 saturated heterocycles. The number of rotatable bonds is 3. The van der Waals surface area contributed by atoms with Crippen molar-refractivity contribution in [2.75, 3.05) is 4.72 Å². The van der Waals surface area contributed by atoms with Gasteiger partial charge in [-0.3, -0.25) is 9.71 Å². The SMILES string of the molecule is O=S(=O)(Nc1cccnc1)c1ccc2c(c1)CNC2. The number of fused-ring (bicyclic) bond motifs is 1. The molecule has 2 aromatic rings. The molecule has 0 unspecified atom stereocenters. The van der Waals surface area contributed by atoms with Crippen LogP contribution in [0, 0.1) is 0 Å². The van der Waals surface area contributed by atoms with Gasteiger partial charge < -0.3 is 5.32 Å². The van der Waals surface area contributed by atoms with Crippen LogP contribution in [0.2, 0.25) is 0 Å². The summed E-state index contributed by atoms with van der Waals surface area (Å²) in [5, 5.41) is 3.19. The fraction of sp³-hybridized carbons (Fsp3) is 0.154. The van der Waals surface area contributed by atoms with Crippen molar-refractivity contribution in [3.8, 4) is 0 Å². The summed E-state index contributed by atoms with van der Waals surface area (Å²) in [7, 11) is -3.55. The van der Waals surface area contributed by atoms with E-state index < -0.39 is 10.0 Å². The second-order valence-corrected chi connectivity index (χ2v) is 6.06. The molecule has 1 aromatic carbocycles. The zero-order valence-electron chi connectivity index (χ0n) is 10.1. The molecule has 0 aliphatic carbocycles. The van der Waals surface area contributed by atoms with Crippen LogP contribution in [-0.4, -0.2) is 13.4 Å². The predicted molar refractivity (Wildman–Crippen MR) is 72.0 cm³/mol. The maximum atomic E-state index is 12.2. The lowest BCUT2D eigenvalue weighted by atomic mass is 10.1. The van der Waals surface area contributed by atoms with Gasteiger partial charge in [-0.15, -0.1) is 0 Å². The maximum Gasteiger partial charge on any atom is 0.261 e. The Bertz CT molecular complexity index is 699. The smallest absolute Gasteiger partial charge is 0.261 e. The number of pyridine rings is 1. The molecule has 5 nitrogen and oxygen atoms in total. The molecule has 0 spiro atoms. The Hall–Kier alpha value is -1.92. The van der Waals surface area contributed by atoms with Gasteiger partial charge in [0.15, 0.2) is 0 Å². The Labute approximate surface area is 111 Å². The molecule has 19 heavy (non-hydrogen) atoms. The van der Waals surface area contributed by atoms with Gasteiger partial charge in [0.1, 0.15) is 0 Å². The van der Waals surface area contributed by atoms with Gasteiger partial charge in [-0.2, -0.15) is 0 Å². The van der Waals surface area contributed by atoms with E-state index >= 15 is 0 Å². The molecular weight excluding hydrogens is 262 g/mol. The second kappa shape index (κ2) is 4.64. The Morgan fingerprint density at radius 1 is 1.16 bits per heavy atom. The highest BCUT2D eigenvalue weighted by Crippen LogP contribution is 2.21. The highest BCUT2D eigenvalue weighted by atomic mass is 32.2. The molecule has 1 aromatic heterocycles. The minimum absolute atomic E-state index is 0.277. The van der Waals surface area contributed by atoms with Crippen LogP contribution in [0.5, 0.6) is 0 Å². The summed E-state index contributed by atoms with van der Waals surface area (Å²) in [5.41, 5.74) is 2.65. The molecule has 0 saturated carbocycles. The van der Waals surface area contributed by atoms with Crippen LogP contribution in [0.4, 0.5) is 5.69 Å². The first-order valence-corrected chi connectivity index (χ1v) is 7.39. The van der Waals surface area contributed by atoms with E-state index in [2.05, 4.69) is 15.0 Å². The second-order valence-electron chi connectivity index (χ2n) is 4.38. The fourth-order valence-electron chi connectivity index (χ4n) is 2.08. The molecule has 98 valence electrons. The molecular formula is C13H13N3O2S. The molecule has 1 aliphatic rings. The minimum Gasteiger partial charge on any atom is -0.309 e. The summed E-state index contributed by atoms with van der Waals surface area (Å²) in [4.78, 5) is 4.16. The van der Waals surface area contributed by atoms with Crippen molar-refractivity contribution >= 4 is 15.7 Å². The Balaban J connectivity index is 1.92. The summed E-state index contributed by atoms with van der Waals surface area (Å²) >= 11 is 0. The summed E-state index contributed by atoms with van der Waals surface area (Å²) < 4.78 is 27.0. The highest BCUT2D eigenvalue weighted by molar-refractivity contribution is 7.92. The van der Waals surface area contributed by atoms with Gasteiger partial charge in [0.25, 0.3) is 10.0 Å². The van der Waals surface area contributed by atoms with Crippen LogP contribution >= 0.6 is 0 Å². The van der Waals surface area contributed by atoms with Crippen LogP contribution in [0.1, 0.15) is 11.1 Å². The van der Waals surface area contributed by atoms with Gasteiger partial charge in [-0.1, -0.05) is 6.07 Å². The van der Waals surface area contributed by atoms with Crippen LogP contribution in [0.15, 0.2) is 47.6 Å². The van der Waals surface area contributed by atoms with Gasteiger partial charge >= 0.3 is 0 Å². The van der Waals surface area contributed by atoms with E-state index in [-0.39, 0.29) is 4.90 Å². The topological polar surface area (TPSA) is 71.1 Å². The first-order valence-electron chi connectivity index (χ1n) is 5.90. The Morgan fingerprint density at radius 2 is 2.00 bits per heavy atom. The van der Waals surface area contributed by atoms with Crippen LogP contribution in [0.25, 0.3) is 0 Å². The van der Waals surface area contributed by atoms with Gasteiger partial charge in [0.05, 0.1) is 16.8 Å². The number of nitrogens with one attached hydrogen (secondary N) is 2. The molecule has 1 aliphatic heterocycles. The van der Waals surface area contributed by atoms with Crippen molar-refractivity contribution in [3.05, 3.63) is 53.9 Å². The average Bonchev–Trinajstić information content (AvgIpc) is 2.86. The lowest BCUT2D eigenvalue weighted by Gasteiger charge is -2.08. The normalized spacial score (nSPS) is 14.1. The largest absolute Gasteiger partial charge is 0.309 e. The quantitative estimate of drug-likeness (QED) is 0.890. The van der Waals surface area contributed by atoms with Gasteiger partial charge in [0.2, 0.25) is 0 Å². The lowest BCUT2D eigenvalue weighted by Crippen LogP contribution is -2.13. The van der Waals surface area contributed by atoms with Gasteiger partial charge in [-0.05, 0) is 35.4 Å². The van der Waals surface area contributed by atoms with Crippen molar-refractivity contribution in [1.82, 2.24) is 10.3 Å². The number of benzene rings is 1. The number of anilines is 1. The molecule has 2 N–H and O–H groups in total. The Morgan fingerprint density at radius 3 is 2.79 bits per heavy atom. The average molecular weight is 275 g/mol. The third-order valence-corrected chi connectivity index (χ3v) is 4.41. The number of hydrogen-bond acceptors (Lipinski definition) is 4. The Kier molecular flexibility index (Phi) is 2.96. The van der Waals surface area contributed by atoms with Crippen molar-refractivity contribution in [1.29, 1.82) is 0 Å². The number of sulfonamides is 1. The van der Waals surface area contributed by atoms with E-state index in [1.54, 1.807) is 30.5 Å². The molecule has 2 heterocycles. The van der Waals surface area contributed by atoms with Crippen LogP contribution < -0.4 is 10.0 Å². The van der Waals surface area contributed by atoms with E-state index in [0.717, 1.165) is 17.7 Å². The third kappa shape index (κ3) is 2.45. The zero-order chi connectivity index (χ0) is 13.3. The first kappa shape index (κ1) is 12.1. The number of hydrogen-bond donors (Lipinski definition) is 2. The van der Waals surface area contributed by atoms with E-state index in [4.69, 9.17) is 0 Å². The molecule has 0 amide bonds. The van der Waals surface area contributed by atoms with Crippen molar-refractivity contribution in [2.24, 2.45) is 0 Å². The van der Waals surface area contributed by atoms with Gasteiger partial charge in [-0.25, -0.2) is 8.42 Å². The maximum absolute atomic E-state index is 12.2. The third-order valence-electron chi connectivity index (χ3n) is 3.03. The fourth-order valence-corrected chi connectivity index (χ4v) is 3.17. The number of nitrogens with zero attached hydrogens (tertiary/aromatic N) is 1. The van der Waals surface area contributed by atoms with Crippen LogP contribution in [-0.2, 0) is 23.1 Å². The van der Waals surface area contributed by atoms with E-state index in [0.29, 0.717) is 12.2 Å². The van der Waals surface area contributed by atoms with Crippen molar-refractivity contribution < 1.29 is 8.42 Å². The van der Waals surface area contributed by atoms with E-state index in [1.165, 1.54) is 6.20 Å². The summed E-state index contributed by atoms with van der Waals surface area (Å²) in [5.74, 6) is 0. The minimum atomic E-state index is -3.55. The van der Waals surface area contributed by atoms with Crippen LogP contribution in [0.3, 0.4) is 0 Å².